The van der Waals surface area contributed by atoms with Crippen LogP contribution in [0.15, 0.2) is 12.2 Å². The minimum atomic E-state index is 0.399. The maximum absolute atomic E-state index is 12.1. The van der Waals surface area contributed by atoms with Gasteiger partial charge in [0.25, 0.3) is 0 Å². The standard InChI is InChI=1S/C20H36O/c1-3-5-7-9-11-12-14-18-16-17-20(21)19(18)15-13-10-8-6-4-2/h6,8,18-19H,3-5,7,9-17H2,1-2H3/t18-,19+/m0/s1. The molecule has 0 unspecified atom stereocenters. The molecule has 21 heavy (non-hydrogen) atoms. The Morgan fingerprint density at radius 1 is 0.952 bits per heavy atom. The van der Waals surface area contributed by atoms with Gasteiger partial charge >= 0.3 is 0 Å². The Morgan fingerprint density at radius 2 is 1.71 bits per heavy atom. The van der Waals surface area contributed by atoms with E-state index in [0.717, 1.165) is 25.7 Å². The van der Waals surface area contributed by atoms with Crippen LogP contribution in [0.25, 0.3) is 0 Å². The minimum Gasteiger partial charge on any atom is -0.299 e. The van der Waals surface area contributed by atoms with Crippen molar-refractivity contribution in [3.05, 3.63) is 12.2 Å². The number of hydrogen-bond acceptors (Lipinski definition) is 1. The zero-order chi connectivity index (χ0) is 15.3. The van der Waals surface area contributed by atoms with E-state index in [4.69, 9.17) is 0 Å². The molecule has 1 fully saturated rings. The fraction of sp³-hybridized carbons (Fsp3) is 0.850. The summed E-state index contributed by atoms with van der Waals surface area (Å²) in [4.78, 5) is 12.1. The van der Waals surface area contributed by atoms with Crippen LogP contribution in [0, 0.1) is 11.8 Å². The molecule has 0 spiro atoms. The third kappa shape index (κ3) is 7.83. The highest BCUT2D eigenvalue weighted by Gasteiger charge is 2.33. The molecule has 1 nitrogen and oxygen atoms in total. The van der Waals surface area contributed by atoms with E-state index in [1.807, 2.05) is 0 Å². The van der Waals surface area contributed by atoms with Crippen LogP contribution in [0.2, 0.25) is 0 Å². The van der Waals surface area contributed by atoms with Gasteiger partial charge in [0.15, 0.2) is 0 Å². The first-order chi connectivity index (χ1) is 10.3. The predicted octanol–water partition coefficient (Wildman–Crippen LogP) is 6.47. The number of hydrogen-bond donors (Lipinski definition) is 0. The van der Waals surface area contributed by atoms with Crippen LogP contribution < -0.4 is 0 Å². The Balaban J connectivity index is 2.16. The molecule has 1 aliphatic carbocycles. The van der Waals surface area contributed by atoms with Crippen molar-refractivity contribution in [2.75, 3.05) is 0 Å². The van der Waals surface area contributed by atoms with E-state index in [1.54, 1.807) is 0 Å². The molecule has 0 aromatic heterocycles. The molecule has 1 heteroatoms. The Morgan fingerprint density at radius 3 is 2.48 bits per heavy atom. The average molecular weight is 293 g/mol. The monoisotopic (exact) mass is 292 g/mol. The molecule has 0 aromatic carbocycles. The Labute approximate surface area is 132 Å². The summed E-state index contributed by atoms with van der Waals surface area (Å²) >= 11 is 0. The van der Waals surface area contributed by atoms with Gasteiger partial charge in [-0.25, -0.2) is 0 Å². The van der Waals surface area contributed by atoms with E-state index >= 15 is 0 Å². The van der Waals surface area contributed by atoms with Gasteiger partial charge in [0.2, 0.25) is 0 Å². The van der Waals surface area contributed by atoms with E-state index in [9.17, 15) is 4.79 Å². The lowest BCUT2D eigenvalue weighted by atomic mass is 9.86. The first-order valence-electron chi connectivity index (χ1n) is 9.47. The van der Waals surface area contributed by atoms with Gasteiger partial charge in [-0.2, -0.15) is 0 Å². The predicted molar refractivity (Wildman–Crippen MR) is 92.5 cm³/mol. The summed E-state index contributed by atoms with van der Waals surface area (Å²) in [6.45, 7) is 4.44. The van der Waals surface area contributed by atoms with Crippen LogP contribution in [-0.2, 0) is 4.79 Å². The van der Waals surface area contributed by atoms with E-state index < -0.39 is 0 Å². The third-order valence-corrected chi connectivity index (χ3v) is 4.96. The lowest BCUT2D eigenvalue weighted by molar-refractivity contribution is -0.121. The smallest absolute Gasteiger partial charge is 0.136 e. The summed E-state index contributed by atoms with van der Waals surface area (Å²) in [5.74, 6) is 1.67. The number of carbonyl (C=O) groups is 1. The maximum atomic E-state index is 12.1. The van der Waals surface area contributed by atoms with Gasteiger partial charge in [0.1, 0.15) is 5.78 Å². The molecule has 0 heterocycles. The number of rotatable bonds is 12. The zero-order valence-corrected chi connectivity index (χ0v) is 14.4. The summed E-state index contributed by atoms with van der Waals surface area (Å²) in [6.07, 6.45) is 20.7. The summed E-state index contributed by atoms with van der Waals surface area (Å²) < 4.78 is 0. The average Bonchev–Trinajstić information content (AvgIpc) is 2.83. The fourth-order valence-corrected chi connectivity index (χ4v) is 3.65. The van der Waals surface area contributed by atoms with Crippen molar-refractivity contribution in [2.45, 2.75) is 97.3 Å². The van der Waals surface area contributed by atoms with E-state index in [0.29, 0.717) is 17.6 Å². The van der Waals surface area contributed by atoms with Crippen molar-refractivity contribution >= 4 is 5.78 Å². The number of allylic oxidation sites excluding steroid dienone is 2. The molecular weight excluding hydrogens is 256 g/mol. The van der Waals surface area contributed by atoms with E-state index in [2.05, 4.69) is 26.0 Å². The highest BCUT2D eigenvalue weighted by Crippen LogP contribution is 2.36. The van der Waals surface area contributed by atoms with E-state index in [1.165, 1.54) is 57.8 Å². The van der Waals surface area contributed by atoms with Crippen LogP contribution in [0.4, 0.5) is 0 Å². The van der Waals surface area contributed by atoms with Crippen LogP contribution in [0.5, 0.6) is 0 Å². The lowest BCUT2D eigenvalue weighted by Gasteiger charge is -2.18. The first kappa shape index (κ1) is 18.5. The van der Waals surface area contributed by atoms with Crippen molar-refractivity contribution in [3.63, 3.8) is 0 Å². The number of carbonyl (C=O) groups excluding carboxylic acids is 1. The molecule has 1 saturated carbocycles. The molecule has 1 rings (SSSR count). The van der Waals surface area contributed by atoms with Crippen molar-refractivity contribution in [1.29, 1.82) is 0 Å². The second kappa shape index (κ2) is 12.0. The SMILES string of the molecule is CCC=CCCC[C@H]1C(=O)CC[C@@H]1CCCCCCCC. The molecule has 0 N–H and O–H groups in total. The summed E-state index contributed by atoms with van der Waals surface area (Å²) in [5.41, 5.74) is 0. The maximum Gasteiger partial charge on any atom is 0.136 e. The van der Waals surface area contributed by atoms with Gasteiger partial charge in [-0.05, 0) is 44.4 Å². The normalized spacial score (nSPS) is 22.5. The summed E-state index contributed by atoms with van der Waals surface area (Å²) in [6, 6.07) is 0. The lowest BCUT2D eigenvalue weighted by Crippen LogP contribution is -2.14. The second-order valence-electron chi connectivity index (χ2n) is 6.74. The highest BCUT2D eigenvalue weighted by atomic mass is 16.1. The molecular formula is C20H36O. The van der Waals surface area contributed by atoms with Crippen LogP contribution in [-0.4, -0.2) is 5.78 Å². The molecule has 0 bridgehead atoms. The first-order valence-corrected chi connectivity index (χ1v) is 9.47. The van der Waals surface area contributed by atoms with Crippen molar-refractivity contribution in [3.8, 4) is 0 Å². The number of unbranched alkanes of at least 4 members (excludes halogenated alkanes) is 6. The highest BCUT2D eigenvalue weighted by molar-refractivity contribution is 5.83. The molecule has 2 atom stereocenters. The molecule has 0 saturated heterocycles. The van der Waals surface area contributed by atoms with Gasteiger partial charge in [0.05, 0.1) is 0 Å². The Hall–Kier alpha value is -0.590. The van der Waals surface area contributed by atoms with Crippen molar-refractivity contribution < 1.29 is 4.79 Å². The molecule has 122 valence electrons. The van der Waals surface area contributed by atoms with E-state index in [-0.39, 0.29) is 0 Å². The number of ketones is 1. The molecule has 0 radical (unpaired) electrons. The van der Waals surface area contributed by atoms with Gasteiger partial charge in [-0.3, -0.25) is 4.79 Å². The molecule has 1 aliphatic rings. The Kier molecular flexibility index (Phi) is 10.6. The fourth-order valence-electron chi connectivity index (χ4n) is 3.65. The molecule has 0 amide bonds. The Bertz CT molecular complexity index is 292. The summed E-state index contributed by atoms with van der Waals surface area (Å²) in [5, 5.41) is 0. The van der Waals surface area contributed by atoms with Gasteiger partial charge < -0.3 is 0 Å². The zero-order valence-electron chi connectivity index (χ0n) is 14.4. The van der Waals surface area contributed by atoms with Crippen molar-refractivity contribution in [1.82, 2.24) is 0 Å². The van der Waals surface area contributed by atoms with Crippen LogP contribution >= 0.6 is 0 Å². The summed E-state index contributed by atoms with van der Waals surface area (Å²) in [7, 11) is 0. The van der Waals surface area contributed by atoms with Gasteiger partial charge in [-0.15, -0.1) is 0 Å². The molecule has 0 aromatic rings. The van der Waals surface area contributed by atoms with Gasteiger partial charge in [0, 0.05) is 12.3 Å². The minimum absolute atomic E-state index is 0.399. The molecule has 0 aliphatic heterocycles. The topological polar surface area (TPSA) is 17.1 Å². The second-order valence-corrected chi connectivity index (χ2v) is 6.74. The quantitative estimate of drug-likeness (QED) is 0.297. The number of Topliss-reactive ketones (excluding diaryl/α,β-unsaturated/α-hetero) is 1. The van der Waals surface area contributed by atoms with Crippen LogP contribution in [0.3, 0.4) is 0 Å². The van der Waals surface area contributed by atoms with Gasteiger partial charge in [-0.1, -0.05) is 64.5 Å². The van der Waals surface area contributed by atoms with Crippen molar-refractivity contribution in [2.24, 2.45) is 11.8 Å². The van der Waals surface area contributed by atoms with Crippen LogP contribution in [0.1, 0.15) is 97.3 Å². The third-order valence-electron chi connectivity index (χ3n) is 4.96. The largest absolute Gasteiger partial charge is 0.299 e.